The van der Waals surface area contributed by atoms with Crippen molar-refractivity contribution in [2.75, 3.05) is 13.1 Å². The Morgan fingerprint density at radius 1 is 1.47 bits per heavy atom. The molecule has 1 aromatic carbocycles. The lowest BCUT2D eigenvalue weighted by atomic mass is 9.99. The van der Waals surface area contributed by atoms with Crippen LogP contribution in [0.4, 0.5) is 4.39 Å². The van der Waals surface area contributed by atoms with Gasteiger partial charge in [0, 0.05) is 18.7 Å². The molecule has 0 radical (unpaired) electrons. The summed E-state index contributed by atoms with van der Waals surface area (Å²) in [5, 5.41) is 0. The van der Waals surface area contributed by atoms with Gasteiger partial charge in [0.1, 0.15) is 5.82 Å². The quantitative estimate of drug-likeness (QED) is 0.732. The van der Waals surface area contributed by atoms with Crippen molar-refractivity contribution in [1.82, 2.24) is 4.90 Å². The van der Waals surface area contributed by atoms with Gasteiger partial charge in [0.2, 0.25) is 0 Å². The maximum Gasteiger partial charge on any atom is 0.253 e. The minimum absolute atomic E-state index is 0.0459. The van der Waals surface area contributed by atoms with Gasteiger partial charge in [-0.2, -0.15) is 0 Å². The van der Waals surface area contributed by atoms with Crippen molar-refractivity contribution in [3.63, 3.8) is 0 Å². The number of aryl methyl sites for hydroxylation is 1. The summed E-state index contributed by atoms with van der Waals surface area (Å²) in [4.78, 5) is 14.0. The first kappa shape index (κ1) is 12.1. The Kier molecular flexibility index (Phi) is 3.46. The molecule has 1 atom stereocenters. The summed E-state index contributed by atoms with van der Waals surface area (Å²) in [5.41, 5.74) is 1.04. The Labute approximate surface area is 101 Å². The highest BCUT2D eigenvalue weighted by Crippen LogP contribution is 2.18. The summed E-state index contributed by atoms with van der Waals surface area (Å²) in [6.07, 6.45) is 2.22. The van der Waals surface area contributed by atoms with Crippen LogP contribution in [0.5, 0.6) is 0 Å². The number of piperidine rings is 1. The van der Waals surface area contributed by atoms with Crippen LogP contribution in [0.25, 0.3) is 0 Å². The van der Waals surface area contributed by atoms with Crippen LogP contribution in [-0.4, -0.2) is 23.9 Å². The number of hydrogen-bond donors (Lipinski definition) is 0. The molecule has 0 saturated carbocycles. The zero-order valence-electron chi connectivity index (χ0n) is 10.4. The Morgan fingerprint density at radius 3 is 2.88 bits per heavy atom. The van der Waals surface area contributed by atoms with E-state index in [1.54, 1.807) is 19.1 Å². The van der Waals surface area contributed by atoms with E-state index in [2.05, 4.69) is 6.92 Å². The van der Waals surface area contributed by atoms with Crippen LogP contribution >= 0.6 is 0 Å². The third kappa shape index (κ3) is 2.65. The number of amides is 1. The molecule has 1 saturated heterocycles. The van der Waals surface area contributed by atoms with Crippen molar-refractivity contribution < 1.29 is 9.18 Å². The molecule has 1 aromatic rings. The second kappa shape index (κ2) is 4.86. The van der Waals surface area contributed by atoms with Gasteiger partial charge in [0.15, 0.2) is 0 Å². The fourth-order valence-electron chi connectivity index (χ4n) is 2.28. The van der Waals surface area contributed by atoms with Gasteiger partial charge in [-0.05, 0) is 43.4 Å². The van der Waals surface area contributed by atoms with Gasteiger partial charge in [0.05, 0.1) is 0 Å². The molecule has 2 rings (SSSR count). The topological polar surface area (TPSA) is 20.3 Å². The standard InChI is InChI=1S/C14H18FNO/c1-10-4-3-7-16(9-10)14(17)12-6-5-11(2)13(15)8-12/h5-6,8,10H,3-4,7,9H2,1-2H3. The van der Waals surface area contributed by atoms with Gasteiger partial charge in [-0.3, -0.25) is 4.79 Å². The van der Waals surface area contributed by atoms with Gasteiger partial charge in [0.25, 0.3) is 5.91 Å². The molecular weight excluding hydrogens is 217 g/mol. The number of carbonyl (C=O) groups is 1. The fourth-order valence-corrected chi connectivity index (χ4v) is 2.28. The zero-order chi connectivity index (χ0) is 12.4. The number of hydrogen-bond acceptors (Lipinski definition) is 1. The summed E-state index contributed by atoms with van der Waals surface area (Å²) in [6, 6.07) is 4.72. The SMILES string of the molecule is Cc1ccc(C(=O)N2CCCC(C)C2)cc1F. The molecule has 0 aromatic heterocycles. The highest BCUT2D eigenvalue weighted by atomic mass is 19.1. The van der Waals surface area contributed by atoms with Gasteiger partial charge >= 0.3 is 0 Å². The van der Waals surface area contributed by atoms with Crippen LogP contribution < -0.4 is 0 Å². The Morgan fingerprint density at radius 2 is 2.24 bits per heavy atom. The van der Waals surface area contributed by atoms with Crippen LogP contribution in [0.2, 0.25) is 0 Å². The molecule has 1 heterocycles. The predicted molar refractivity (Wildman–Crippen MR) is 65.4 cm³/mol. The van der Waals surface area contributed by atoms with E-state index in [4.69, 9.17) is 0 Å². The molecule has 0 spiro atoms. The number of likely N-dealkylation sites (tertiary alicyclic amines) is 1. The Balaban J connectivity index is 2.15. The summed E-state index contributed by atoms with van der Waals surface area (Å²) in [7, 11) is 0. The zero-order valence-corrected chi connectivity index (χ0v) is 10.4. The van der Waals surface area contributed by atoms with E-state index >= 15 is 0 Å². The number of benzene rings is 1. The first-order chi connectivity index (χ1) is 8.08. The molecule has 0 N–H and O–H groups in total. The van der Waals surface area contributed by atoms with Crippen LogP contribution in [0.1, 0.15) is 35.7 Å². The highest BCUT2D eigenvalue weighted by Gasteiger charge is 2.22. The average molecular weight is 235 g/mol. The lowest BCUT2D eigenvalue weighted by Gasteiger charge is -2.31. The maximum absolute atomic E-state index is 13.4. The van der Waals surface area contributed by atoms with Crippen molar-refractivity contribution >= 4 is 5.91 Å². The monoisotopic (exact) mass is 235 g/mol. The van der Waals surface area contributed by atoms with Crippen molar-refractivity contribution in [2.45, 2.75) is 26.7 Å². The summed E-state index contributed by atoms with van der Waals surface area (Å²) in [6.45, 7) is 5.43. The van der Waals surface area contributed by atoms with Crippen molar-refractivity contribution in [3.05, 3.63) is 35.1 Å². The van der Waals surface area contributed by atoms with Crippen molar-refractivity contribution in [2.24, 2.45) is 5.92 Å². The number of halogens is 1. The molecule has 92 valence electrons. The number of rotatable bonds is 1. The predicted octanol–water partition coefficient (Wildman–Crippen LogP) is 3.01. The molecule has 2 nitrogen and oxygen atoms in total. The van der Waals surface area contributed by atoms with E-state index < -0.39 is 0 Å². The Bertz CT molecular complexity index is 430. The van der Waals surface area contributed by atoms with E-state index in [0.29, 0.717) is 17.0 Å². The first-order valence-electron chi connectivity index (χ1n) is 6.13. The van der Waals surface area contributed by atoms with E-state index in [9.17, 15) is 9.18 Å². The van der Waals surface area contributed by atoms with Crippen LogP contribution in [0.15, 0.2) is 18.2 Å². The second-order valence-electron chi connectivity index (χ2n) is 4.96. The third-order valence-corrected chi connectivity index (χ3v) is 3.36. The number of carbonyl (C=O) groups excluding carboxylic acids is 1. The van der Waals surface area contributed by atoms with E-state index in [1.807, 2.05) is 4.90 Å². The van der Waals surface area contributed by atoms with Crippen LogP contribution in [-0.2, 0) is 0 Å². The number of nitrogens with zero attached hydrogens (tertiary/aromatic N) is 1. The Hall–Kier alpha value is -1.38. The first-order valence-corrected chi connectivity index (χ1v) is 6.13. The molecule has 1 aliphatic heterocycles. The fraction of sp³-hybridized carbons (Fsp3) is 0.500. The molecule has 17 heavy (non-hydrogen) atoms. The minimum Gasteiger partial charge on any atom is -0.338 e. The lowest BCUT2D eigenvalue weighted by molar-refractivity contribution is 0.0682. The van der Waals surface area contributed by atoms with E-state index in [-0.39, 0.29) is 11.7 Å². The van der Waals surface area contributed by atoms with Crippen LogP contribution in [0, 0.1) is 18.7 Å². The summed E-state index contributed by atoms with van der Waals surface area (Å²) < 4.78 is 13.4. The molecular formula is C14H18FNO. The van der Waals surface area contributed by atoms with Crippen molar-refractivity contribution in [1.29, 1.82) is 0 Å². The molecule has 0 aliphatic carbocycles. The molecule has 1 amide bonds. The van der Waals surface area contributed by atoms with Crippen molar-refractivity contribution in [3.8, 4) is 0 Å². The lowest BCUT2D eigenvalue weighted by Crippen LogP contribution is -2.39. The van der Waals surface area contributed by atoms with Crippen LogP contribution in [0.3, 0.4) is 0 Å². The largest absolute Gasteiger partial charge is 0.338 e. The highest BCUT2D eigenvalue weighted by molar-refractivity contribution is 5.94. The summed E-state index contributed by atoms with van der Waals surface area (Å²) >= 11 is 0. The molecule has 1 aliphatic rings. The van der Waals surface area contributed by atoms with Gasteiger partial charge < -0.3 is 4.90 Å². The van der Waals surface area contributed by atoms with Gasteiger partial charge in [-0.25, -0.2) is 4.39 Å². The van der Waals surface area contributed by atoms with Gasteiger partial charge in [-0.15, -0.1) is 0 Å². The smallest absolute Gasteiger partial charge is 0.253 e. The van der Waals surface area contributed by atoms with E-state index in [1.165, 1.54) is 12.5 Å². The molecule has 1 unspecified atom stereocenters. The van der Waals surface area contributed by atoms with Gasteiger partial charge in [-0.1, -0.05) is 13.0 Å². The van der Waals surface area contributed by atoms with E-state index in [0.717, 1.165) is 19.5 Å². The molecule has 1 fully saturated rings. The minimum atomic E-state index is -0.305. The summed E-state index contributed by atoms with van der Waals surface area (Å²) in [5.74, 6) is 0.194. The molecule has 3 heteroatoms. The normalized spacial score (nSPS) is 20.4. The maximum atomic E-state index is 13.4. The second-order valence-corrected chi connectivity index (χ2v) is 4.96. The average Bonchev–Trinajstić information content (AvgIpc) is 2.32. The third-order valence-electron chi connectivity index (χ3n) is 3.36. The molecule has 0 bridgehead atoms.